The lowest BCUT2D eigenvalue weighted by Crippen LogP contribution is -2.30. The molecule has 1 aliphatic rings. The van der Waals surface area contributed by atoms with Crippen LogP contribution in [0.4, 0.5) is 0 Å². The Hall–Kier alpha value is -0.0800. The molecule has 0 spiro atoms. The molecule has 1 fully saturated rings. The summed E-state index contributed by atoms with van der Waals surface area (Å²) in [7, 11) is 0. The third-order valence-electron chi connectivity index (χ3n) is 3.41. The Morgan fingerprint density at radius 1 is 1.43 bits per heavy atom. The Labute approximate surface area is 88.8 Å². The van der Waals surface area contributed by atoms with Crippen molar-refractivity contribution < 1.29 is 0 Å². The van der Waals surface area contributed by atoms with Gasteiger partial charge in [-0.25, -0.2) is 0 Å². The average Bonchev–Trinajstić information content (AvgIpc) is 2.69. The first kappa shape index (κ1) is 12.0. The van der Waals surface area contributed by atoms with Crippen LogP contribution in [-0.4, -0.2) is 25.7 Å². The van der Waals surface area contributed by atoms with Gasteiger partial charge in [0.25, 0.3) is 0 Å². The minimum Gasteiger partial charge on any atom is -0.316 e. The zero-order valence-corrected chi connectivity index (χ0v) is 10.2. The third-order valence-corrected chi connectivity index (χ3v) is 3.41. The van der Waals surface area contributed by atoms with E-state index in [1.54, 1.807) is 0 Å². The number of rotatable bonds is 7. The van der Waals surface area contributed by atoms with Crippen molar-refractivity contribution >= 4 is 0 Å². The van der Waals surface area contributed by atoms with Crippen molar-refractivity contribution in [2.75, 3.05) is 19.6 Å². The number of hydrogen-bond acceptors (Lipinski definition) is 2. The lowest BCUT2D eigenvalue weighted by molar-refractivity contribution is 0.477. The van der Waals surface area contributed by atoms with Crippen LogP contribution in [0.2, 0.25) is 0 Å². The first-order valence-electron chi connectivity index (χ1n) is 6.00. The molecule has 0 radical (unpaired) electrons. The summed E-state index contributed by atoms with van der Waals surface area (Å²) in [5.41, 5.74) is 0.625. The maximum Gasteiger partial charge on any atom is 0.00506 e. The summed E-state index contributed by atoms with van der Waals surface area (Å²) in [6.07, 6.45) is 2.64. The normalized spacial score (nSPS) is 26.1. The highest BCUT2D eigenvalue weighted by Gasteiger charge is 2.44. The van der Waals surface area contributed by atoms with E-state index in [1.165, 1.54) is 19.4 Å². The zero-order valence-electron chi connectivity index (χ0n) is 10.2. The fourth-order valence-corrected chi connectivity index (χ4v) is 1.97. The van der Waals surface area contributed by atoms with E-state index in [1.807, 2.05) is 0 Å². The highest BCUT2D eigenvalue weighted by Crippen LogP contribution is 2.50. The summed E-state index contributed by atoms with van der Waals surface area (Å²) in [5, 5.41) is 6.98. The summed E-state index contributed by atoms with van der Waals surface area (Å²) in [4.78, 5) is 0. The van der Waals surface area contributed by atoms with Crippen LogP contribution < -0.4 is 10.6 Å². The molecule has 0 bridgehead atoms. The van der Waals surface area contributed by atoms with Crippen molar-refractivity contribution in [2.24, 2.45) is 11.3 Å². The first-order chi connectivity index (χ1) is 6.56. The second kappa shape index (κ2) is 5.13. The van der Waals surface area contributed by atoms with E-state index in [9.17, 15) is 0 Å². The van der Waals surface area contributed by atoms with Crippen LogP contribution in [0.5, 0.6) is 0 Å². The van der Waals surface area contributed by atoms with E-state index >= 15 is 0 Å². The largest absolute Gasteiger partial charge is 0.316 e. The summed E-state index contributed by atoms with van der Waals surface area (Å²) in [6.45, 7) is 12.6. The molecule has 0 aliphatic heterocycles. The molecule has 1 saturated carbocycles. The van der Waals surface area contributed by atoms with Crippen molar-refractivity contribution in [3.05, 3.63) is 0 Å². The van der Waals surface area contributed by atoms with Crippen molar-refractivity contribution in [3.63, 3.8) is 0 Å². The van der Waals surface area contributed by atoms with E-state index in [0.717, 1.165) is 19.0 Å². The van der Waals surface area contributed by atoms with Crippen molar-refractivity contribution in [2.45, 2.75) is 46.6 Å². The Balaban J connectivity index is 1.90. The van der Waals surface area contributed by atoms with Crippen LogP contribution in [0.15, 0.2) is 0 Å². The second-order valence-corrected chi connectivity index (χ2v) is 5.34. The van der Waals surface area contributed by atoms with Gasteiger partial charge in [-0.1, -0.05) is 20.8 Å². The van der Waals surface area contributed by atoms with Crippen LogP contribution in [0.25, 0.3) is 0 Å². The second-order valence-electron chi connectivity index (χ2n) is 5.34. The molecule has 2 N–H and O–H groups in total. The van der Waals surface area contributed by atoms with Crippen LogP contribution >= 0.6 is 0 Å². The first-order valence-corrected chi connectivity index (χ1v) is 6.00. The SMILES string of the molecule is CCNC(C)CCNCC1CC1(C)C. The molecule has 14 heavy (non-hydrogen) atoms. The van der Waals surface area contributed by atoms with Gasteiger partial charge in [-0.2, -0.15) is 0 Å². The predicted octanol–water partition coefficient (Wildman–Crippen LogP) is 2.01. The highest BCUT2D eigenvalue weighted by atomic mass is 14.9. The molecule has 2 unspecified atom stereocenters. The van der Waals surface area contributed by atoms with Gasteiger partial charge in [0.15, 0.2) is 0 Å². The molecule has 0 aromatic carbocycles. The molecule has 0 saturated heterocycles. The molecule has 84 valence electrons. The van der Waals surface area contributed by atoms with Gasteiger partial charge < -0.3 is 10.6 Å². The molecule has 2 nitrogen and oxygen atoms in total. The van der Waals surface area contributed by atoms with Crippen molar-refractivity contribution in [3.8, 4) is 0 Å². The van der Waals surface area contributed by atoms with Crippen LogP contribution in [-0.2, 0) is 0 Å². The topological polar surface area (TPSA) is 24.1 Å². The van der Waals surface area contributed by atoms with Crippen molar-refractivity contribution in [1.82, 2.24) is 10.6 Å². The number of nitrogens with one attached hydrogen (secondary N) is 2. The summed E-state index contributed by atoms with van der Waals surface area (Å²) < 4.78 is 0. The lowest BCUT2D eigenvalue weighted by Gasteiger charge is -2.12. The lowest BCUT2D eigenvalue weighted by atomic mass is 10.1. The van der Waals surface area contributed by atoms with Crippen LogP contribution in [0.1, 0.15) is 40.5 Å². The standard InChI is InChI=1S/C12H26N2/c1-5-14-10(2)6-7-13-9-11-8-12(11,3)4/h10-11,13-14H,5-9H2,1-4H3. The third kappa shape index (κ3) is 3.97. The zero-order chi connectivity index (χ0) is 10.6. The Morgan fingerprint density at radius 2 is 2.07 bits per heavy atom. The molecule has 2 atom stereocenters. The van der Waals surface area contributed by atoms with Gasteiger partial charge >= 0.3 is 0 Å². The van der Waals surface area contributed by atoms with Gasteiger partial charge in [-0.05, 0) is 50.7 Å². The van der Waals surface area contributed by atoms with Gasteiger partial charge in [0, 0.05) is 6.04 Å². The monoisotopic (exact) mass is 198 g/mol. The molecule has 0 amide bonds. The quantitative estimate of drug-likeness (QED) is 0.612. The molecular weight excluding hydrogens is 172 g/mol. The van der Waals surface area contributed by atoms with E-state index < -0.39 is 0 Å². The Kier molecular flexibility index (Phi) is 4.39. The highest BCUT2D eigenvalue weighted by molar-refractivity contribution is 4.96. The predicted molar refractivity (Wildman–Crippen MR) is 62.5 cm³/mol. The van der Waals surface area contributed by atoms with Gasteiger partial charge in [-0.15, -0.1) is 0 Å². The van der Waals surface area contributed by atoms with Gasteiger partial charge in [0.05, 0.1) is 0 Å². The fourth-order valence-electron chi connectivity index (χ4n) is 1.97. The van der Waals surface area contributed by atoms with E-state index in [0.29, 0.717) is 11.5 Å². The van der Waals surface area contributed by atoms with E-state index in [-0.39, 0.29) is 0 Å². The molecule has 2 heteroatoms. The Bertz CT molecular complexity index is 166. The van der Waals surface area contributed by atoms with Gasteiger partial charge in [0.2, 0.25) is 0 Å². The van der Waals surface area contributed by atoms with Gasteiger partial charge in [0.1, 0.15) is 0 Å². The van der Waals surface area contributed by atoms with Crippen LogP contribution in [0, 0.1) is 11.3 Å². The molecule has 1 rings (SSSR count). The molecule has 0 aromatic heterocycles. The van der Waals surface area contributed by atoms with E-state index in [4.69, 9.17) is 0 Å². The molecular formula is C12H26N2. The smallest absolute Gasteiger partial charge is 0.00506 e. The average molecular weight is 198 g/mol. The van der Waals surface area contributed by atoms with Crippen LogP contribution in [0.3, 0.4) is 0 Å². The van der Waals surface area contributed by atoms with Gasteiger partial charge in [-0.3, -0.25) is 0 Å². The Morgan fingerprint density at radius 3 is 2.57 bits per heavy atom. The summed E-state index contributed by atoms with van der Waals surface area (Å²) in [6, 6.07) is 0.653. The summed E-state index contributed by atoms with van der Waals surface area (Å²) >= 11 is 0. The summed E-state index contributed by atoms with van der Waals surface area (Å²) in [5.74, 6) is 0.928. The fraction of sp³-hybridized carbons (Fsp3) is 1.00. The maximum atomic E-state index is 3.55. The number of hydrogen-bond donors (Lipinski definition) is 2. The van der Waals surface area contributed by atoms with E-state index in [2.05, 4.69) is 38.3 Å². The molecule has 1 aliphatic carbocycles. The minimum absolute atomic E-state index is 0.625. The van der Waals surface area contributed by atoms with Crippen molar-refractivity contribution in [1.29, 1.82) is 0 Å². The molecule has 0 aromatic rings. The minimum atomic E-state index is 0.625. The molecule has 0 heterocycles. The maximum absolute atomic E-state index is 3.55.